The molecule has 0 unspecified atom stereocenters. The van der Waals surface area contributed by atoms with Gasteiger partial charge in [-0.3, -0.25) is 0 Å². The molecule has 3 heterocycles. The van der Waals surface area contributed by atoms with Crippen molar-refractivity contribution in [2.75, 3.05) is 9.80 Å². The topological polar surface area (TPSA) is 45.4 Å². The van der Waals surface area contributed by atoms with Gasteiger partial charge in [-0.05, 0) is 60.1 Å². The summed E-state index contributed by atoms with van der Waals surface area (Å²) in [4.78, 5) is 13.6. The third kappa shape index (κ3) is 5.35. The quantitative estimate of drug-likeness (QED) is 0.153. The Labute approximate surface area is 266 Å². The molecular weight excluding hydrogens is 709 g/mol. The first-order valence-electron chi connectivity index (χ1n) is 14.8. The fourth-order valence-corrected chi connectivity index (χ4v) is 6.14. The van der Waals surface area contributed by atoms with E-state index in [0.29, 0.717) is 11.8 Å². The van der Waals surface area contributed by atoms with Gasteiger partial charge in [0.1, 0.15) is 22.8 Å². The van der Waals surface area contributed by atoms with Gasteiger partial charge in [0.15, 0.2) is 0 Å². The Morgan fingerprint density at radius 2 is 1.49 bits per heavy atom. The average molecular weight is 743 g/mol. The first-order valence-corrected chi connectivity index (χ1v) is 14.8. The van der Waals surface area contributed by atoms with E-state index in [0.717, 1.165) is 52.6 Å². The van der Waals surface area contributed by atoms with E-state index in [-0.39, 0.29) is 20.1 Å². The number of fused-ring (bicyclic) bond motifs is 4. The van der Waals surface area contributed by atoms with Crippen LogP contribution in [-0.4, -0.2) is 9.97 Å². The van der Waals surface area contributed by atoms with Gasteiger partial charge in [0.05, 0.1) is 0 Å². The second kappa shape index (κ2) is 11.9. The molecular formula is C37H34IrN4O-2. The molecule has 0 aliphatic carbocycles. The minimum absolute atomic E-state index is 0. The molecule has 0 saturated carbocycles. The van der Waals surface area contributed by atoms with Crippen LogP contribution in [-0.2, 0) is 32.9 Å². The Hall–Kier alpha value is -3.99. The van der Waals surface area contributed by atoms with Crippen molar-refractivity contribution < 1.29 is 24.5 Å². The number of hydrogen-bond acceptors (Lipinski definition) is 5. The van der Waals surface area contributed by atoms with Crippen molar-refractivity contribution in [2.24, 2.45) is 11.8 Å². The van der Waals surface area contributed by atoms with Crippen molar-refractivity contribution in [1.29, 1.82) is 0 Å². The summed E-state index contributed by atoms with van der Waals surface area (Å²) < 4.78 is 6.60. The van der Waals surface area contributed by atoms with Gasteiger partial charge >= 0.3 is 0 Å². The van der Waals surface area contributed by atoms with Gasteiger partial charge in [-0.15, -0.1) is 24.0 Å². The zero-order valence-electron chi connectivity index (χ0n) is 24.8. The molecule has 6 aromatic rings. The van der Waals surface area contributed by atoms with Gasteiger partial charge in [-0.2, -0.15) is 18.2 Å². The van der Waals surface area contributed by atoms with Crippen molar-refractivity contribution in [3.8, 4) is 11.1 Å². The Balaban J connectivity index is 0.00000329. The van der Waals surface area contributed by atoms with E-state index in [1.165, 1.54) is 27.5 Å². The van der Waals surface area contributed by atoms with Crippen molar-refractivity contribution in [2.45, 2.75) is 40.5 Å². The molecule has 7 rings (SSSR count). The van der Waals surface area contributed by atoms with Crippen LogP contribution in [0.5, 0.6) is 0 Å². The maximum atomic E-state index is 6.60. The molecule has 1 aliphatic heterocycles. The first kappa shape index (κ1) is 29.1. The number of benzene rings is 4. The molecule has 0 fully saturated rings. The third-order valence-electron chi connectivity index (χ3n) is 7.81. The molecule has 1 radical (unpaired) electrons. The van der Waals surface area contributed by atoms with Crippen LogP contribution in [0.1, 0.15) is 38.8 Å². The fraction of sp³-hybridized carbons (Fsp3) is 0.216. The second-order valence-corrected chi connectivity index (χ2v) is 11.9. The van der Waals surface area contributed by atoms with Crippen LogP contribution in [0.15, 0.2) is 95.7 Å². The van der Waals surface area contributed by atoms with Gasteiger partial charge in [-0.25, -0.2) is 9.97 Å². The van der Waals surface area contributed by atoms with E-state index >= 15 is 0 Å². The molecule has 4 aromatic carbocycles. The molecule has 5 nitrogen and oxygen atoms in total. The Morgan fingerprint density at radius 3 is 2.23 bits per heavy atom. The molecule has 43 heavy (non-hydrogen) atoms. The van der Waals surface area contributed by atoms with E-state index in [1.54, 1.807) is 12.4 Å². The summed E-state index contributed by atoms with van der Waals surface area (Å²) in [6.45, 7) is 11.2. The number of para-hydroxylation sites is 2. The van der Waals surface area contributed by atoms with Crippen LogP contribution >= 0.6 is 0 Å². The molecule has 219 valence electrons. The monoisotopic (exact) mass is 743 g/mol. The molecule has 0 spiro atoms. The van der Waals surface area contributed by atoms with E-state index in [4.69, 9.17) is 9.40 Å². The Morgan fingerprint density at radius 1 is 0.791 bits per heavy atom. The number of rotatable bonds is 7. The molecule has 0 amide bonds. The summed E-state index contributed by atoms with van der Waals surface area (Å²) >= 11 is 0. The van der Waals surface area contributed by atoms with Crippen molar-refractivity contribution in [3.05, 3.63) is 115 Å². The number of anilines is 4. The smallest absolute Gasteiger partial charge is 0.145 e. The number of furan rings is 1. The summed E-state index contributed by atoms with van der Waals surface area (Å²) in [6.07, 6.45) is 5.40. The largest absolute Gasteiger partial charge is 0.477 e. The van der Waals surface area contributed by atoms with Crippen LogP contribution in [0, 0.1) is 24.6 Å². The minimum Gasteiger partial charge on any atom is -0.477 e. The number of nitrogens with zero attached hydrogens (tertiary/aromatic N) is 4. The van der Waals surface area contributed by atoms with Crippen LogP contribution in [0.25, 0.3) is 33.1 Å². The number of aromatic nitrogens is 2. The summed E-state index contributed by atoms with van der Waals surface area (Å²) in [5.74, 6) is 2.56. The van der Waals surface area contributed by atoms with Crippen molar-refractivity contribution in [1.82, 2.24) is 9.97 Å². The summed E-state index contributed by atoms with van der Waals surface area (Å²) in [6, 6.07) is 31.0. The van der Waals surface area contributed by atoms with E-state index < -0.39 is 0 Å². The zero-order chi connectivity index (χ0) is 28.8. The predicted molar refractivity (Wildman–Crippen MR) is 172 cm³/mol. The zero-order valence-corrected chi connectivity index (χ0v) is 27.2. The summed E-state index contributed by atoms with van der Waals surface area (Å²) in [5.41, 5.74) is 8.97. The average Bonchev–Trinajstić information content (AvgIpc) is 3.56. The molecule has 6 heteroatoms. The van der Waals surface area contributed by atoms with Crippen LogP contribution < -0.4 is 9.80 Å². The van der Waals surface area contributed by atoms with Crippen LogP contribution in [0.4, 0.5) is 23.0 Å². The molecule has 2 aromatic heterocycles. The molecule has 0 saturated heterocycles. The van der Waals surface area contributed by atoms with E-state index in [1.807, 2.05) is 30.3 Å². The van der Waals surface area contributed by atoms with Crippen molar-refractivity contribution in [3.63, 3.8) is 0 Å². The Bertz CT molecular complexity index is 1900. The summed E-state index contributed by atoms with van der Waals surface area (Å²) in [7, 11) is 0. The van der Waals surface area contributed by atoms with Crippen LogP contribution in [0.2, 0.25) is 0 Å². The standard InChI is InChI=1S/C37H34N4O.Ir/c1-24(2)19-27-22-31-30-15-8-9-16-33(30)42-35(31)32(20-25(3)4)34(27)26-11-10-14-29(21-26)41-23-40(28-12-6-5-7-13-28)36-37(41)39-18-17-38-36;/h5-13,15-18,21-25H,19-20H2,1-4H3;/q-2;. The third-order valence-corrected chi connectivity index (χ3v) is 7.81. The SMILES string of the molecule is CC(C)Cc1cc2c(oc3ccccc32)c(CC(C)C)c1-c1cc[c-]c(N2[CH-]N(c3ccccc3)c3nccnc32)c1.[Ir]. The van der Waals surface area contributed by atoms with Gasteiger partial charge in [0.25, 0.3) is 0 Å². The maximum absolute atomic E-state index is 6.60. The van der Waals surface area contributed by atoms with Crippen LogP contribution in [0.3, 0.4) is 0 Å². The molecule has 0 N–H and O–H groups in total. The minimum atomic E-state index is 0. The number of hydrogen-bond donors (Lipinski definition) is 0. The molecule has 0 bridgehead atoms. The van der Waals surface area contributed by atoms with Gasteiger partial charge < -0.3 is 14.2 Å². The predicted octanol–water partition coefficient (Wildman–Crippen LogP) is 9.65. The normalized spacial score (nSPS) is 12.9. The first-order chi connectivity index (χ1) is 20.5. The second-order valence-electron chi connectivity index (χ2n) is 11.9. The van der Waals surface area contributed by atoms with Gasteiger partial charge in [-0.1, -0.05) is 64.1 Å². The molecule has 1 aliphatic rings. The van der Waals surface area contributed by atoms with Crippen molar-refractivity contribution >= 4 is 44.9 Å². The maximum Gasteiger partial charge on any atom is 0.145 e. The van der Waals surface area contributed by atoms with Gasteiger partial charge in [0.2, 0.25) is 0 Å². The van der Waals surface area contributed by atoms with E-state index in [9.17, 15) is 0 Å². The summed E-state index contributed by atoms with van der Waals surface area (Å²) in [5, 5.41) is 2.39. The van der Waals surface area contributed by atoms with E-state index in [2.05, 4.69) is 104 Å². The molecule has 0 atom stereocenters. The van der Waals surface area contributed by atoms with Gasteiger partial charge in [0, 0.05) is 54.5 Å². The Kier molecular flexibility index (Phi) is 8.09. The fourth-order valence-electron chi connectivity index (χ4n) is 6.14.